The zero-order valence-electron chi connectivity index (χ0n) is 10.1. The average molecular weight is 263 g/mol. The van der Waals surface area contributed by atoms with E-state index in [0.29, 0.717) is 17.4 Å². The first-order chi connectivity index (χ1) is 8.58. The van der Waals surface area contributed by atoms with Crippen LogP contribution >= 0.6 is 11.3 Å². The van der Waals surface area contributed by atoms with E-state index >= 15 is 0 Å². The normalized spacial score (nSPS) is 10.3. The summed E-state index contributed by atoms with van der Waals surface area (Å²) >= 11 is 1.15. The summed E-state index contributed by atoms with van der Waals surface area (Å²) in [7, 11) is 0. The molecular weight excluding hydrogens is 250 g/mol. The highest BCUT2D eigenvalue weighted by Gasteiger charge is 2.13. The lowest BCUT2D eigenvalue weighted by atomic mass is 10.2. The molecule has 2 aromatic rings. The molecule has 2 rings (SSSR count). The fourth-order valence-electron chi connectivity index (χ4n) is 1.52. The first-order valence-corrected chi connectivity index (χ1v) is 6.23. The fraction of sp³-hybridized carbons (Fsp3) is 0.250. The molecule has 0 aliphatic carbocycles. The quantitative estimate of drug-likeness (QED) is 0.886. The highest BCUT2D eigenvalue weighted by Crippen LogP contribution is 2.23. The minimum atomic E-state index is -0.935. The number of anilines is 1. The van der Waals surface area contributed by atoms with Gasteiger partial charge in [0.2, 0.25) is 0 Å². The van der Waals surface area contributed by atoms with Gasteiger partial charge in [0.05, 0.1) is 5.69 Å². The van der Waals surface area contributed by atoms with Crippen LogP contribution in [0.3, 0.4) is 0 Å². The van der Waals surface area contributed by atoms with E-state index in [4.69, 9.17) is 5.11 Å². The maximum Gasteiger partial charge on any atom is 0.347 e. The van der Waals surface area contributed by atoms with Crippen LogP contribution < -0.4 is 5.32 Å². The third kappa shape index (κ3) is 2.65. The Morgan fingerprint density at radius 2 is 2.28 bits per heavy atom. The third-order valence-electron chi connectivity index (χ3n) is 2.57. The first-order valence-electron chi connectivity index (χ1n) is 5.42. The van der Waals surface area contributed by atoms with Crippen molar-refractivity contribution in [2.24, 2.45) is 0 Å². The number of carboxylic acid groups (broad SMARTS) is 1. The molecule has 6 heteroatoms. The van der Waals surface area contributed by atoms with E-state index in [0.717, 1.165) is 22.5 Å². The monoisotopic (exact) mass is 263 g/mol. The maximum absolute atomic E-state index is 10.9. The molecule has 2 heterocycles. The topological polar surface area (TPSA) is 75.1 Å². The average Bonchev–Trinajstić information content (AvgIpc) is 2.70. The zero-order valence-corrected chi connectivity index (χ0v) is 10.9. The van der Waals surface area contributed by atoms with Crippen LogP contribution in [-0.4, -0.2) is 21.0 Å². The number of pyridine rings is 1. The molecule has 2 aromatic heterocycles. The second kappa shape index (κ2) is 5.14. The second-order valence-corrected chi connectivity index (χ2v) is 4.89. The highest BCUT2D eigenvalue weighted by atomic mass is 32.1. The van der Waals surface area contributed by atoms with Crippen LogP contribution in [0.25, 0.3) is 0 Å². The molecule has 0 spiro atoms. The van der Waals surface area contributed by atoms with Gasteiger partial charge in [-0.25, -0.2) is 9.78 Å². The highest BCUT2D eigenvalue weighted by molar-refractivity contribution is 7.17. The summed E-state index contributed by atoms with van der Waals surface area (Å²) in [4.78, 5) is 19.4. The van der Waals surface area contributed by atoms with E-state index in [1.54, 1.807) is 19.3 Å². The zero-order chi connectivity index (χ0) is 13.1. The number of hydrogen-bond acceptors (Lipinski definition) is 5. The Morgan fingerprint density at radius 3 is 2.89 bits per heavy atom. The molecule has 0 fully saturated rings. The molecular formula is C12H13N3O2S. The maximum atomic E-state index is 10.9. The molecule has 0 amide bonds. The van der Waals surface area contributed by atoms with Crippen LogP contribution in [0.4, 0.5) is 5.13 Å². The molecule has 18 heavy (non-hydrogen) atoms. The summed E-state index contributed by atoms with van der Waals surface area (Å²) in [6.07, 6.45) is 3.54. The molecule has 0 bridgehead atoms. The Kier molecular flexibility index (Phi) is 3.57. The number of hydrogen-bond donors (Lipinski definition) is 2. The summed E-state index contributed by atoms with van der Waals surface area (Å²) < 4.78 is 0. The van der Waals surface area contributed by atoms with Gasteiger partial charge in [0.25, 0.3) is 0 Å². The van der Waals surface area contributed by atoms with Gasteiger partial charge >= 0.3 is 5.97 Å². The summed E-state index contributed by atoms with van der Waals surface area (Å²) in [5.74, 6) is -0.935. The van der Waals surface area contributed by atoms with E-state index < -0.39 is 5.97 Å². The van der Waals surface area contributed by atoms with E-state index in [1.807, 2.05) is 13.0 Å². The Hall–Kier alpha value is -1.95. The lowest BCUT2D eigenvalue weighted by Gasteiger charge is -2.05. The third-order valence-corrected chi connectivity index (χ3v) is 3.67. The van der Waals surface area contributed by atoms with Crippen LogP contribution in [0.15, 0.2) is 18.5 Å². The number of nitrogens with zero attached hydrogens (tertiary/aromatic N) is 2. The molecule has 0 saturated heterocycles. The Bertz CT molecular complexity index is 580. The predicted molar refractivity (Wildman–Crippen MR) is 70.1 cm³/mol. The molecule has 0 unspecified atom stereocenters. The second-order valence-electron chi connectivity index (χ2n) is 3.89. The van der Waals surface area contributed by atoms with Gasteiger partial charge in [-0.05, 0) is 31.0 Å². The van der Waals surface area contributed by atoms with Gasteiger partial charge in [0, 0.05) is 18.9 Å². The van der Waals surface area contributed by atoms with Crippen molar-refractivity contribution < 1.29 is 9.90 Å². The van der Waals surface area contributed by atoms with Crippen molar-refractivity contribution in [1.82, 2.24) is 9.97 Å². The minimum absolute atomic E-state index is 0.278. The summed E-state index contributed by atoms with van der Waals surface area (Å²) in [5.41, 5.74) is 2.75. The number of nitrogens with one attached hydrogen (secondary N) is 1. The van der Waals surface area contributed by atoms with Gasteiger partial charge in [-0.3, -0.25) is 4.98 Å². The van der Waals surface area contributed by atoms with Gasteiger partial charge in [-0.1, -0.05) is 11.3 Å². The first kappa shape index (κ1) is 12.5. The standard InChI is InChI=1S/C12H13N3O2S/c1-7-3-4-13-5-9(7)6-14-12-15-8(2)10(18-12)11(16)17/h3-5H,6H2,1-2H3,(H,14,15)(H,16,17). The van der Waals surface area contributed by atoms with E-state index in [1.165, 1.54) is 0 Å². The van der Waals surface area contributed by atoms with Crippen molar-refractivity contribution in [1.29, 1.82) is 0 Å². The van der Waals surface area contributed by atoms with Gasteiger partial charge in [-0.2, -0.15) is 0 Å². The molecule has 0 aromatic carbocycles. The van der Waals surface area contributed by atoms with Gasteiger partial charge in [0.1, 0.15) is 4.88 Å². The fourth-order valence-corrected chi connectivity index (χ4v) is 2.32. The Morgan fingerprint density at radius 1 is 1.50 bits per heavy atom. The van der Waals surface area contributed by atoms with E-state index in [2.05, 4.69) is 15.3 Å². The van der Waals surface area contributed by atoms with E-state index in [9.17, 15) is 4.79 Å². The van der Waals surface area contributed by atoms with Crippen LogP contribution in [0.2, 0.25) is 0 Å². The van der Waals surface area contributed by atoms with Gasteiger partial charge < -0.3 is 10.4 Å². The smallest absolute Gasteiger partial charge is 0.347 e. The molecule has 0 atom stereocenters. The Labute approximate surface area is 109 Å². The van der Waals surface area contributed by atoms with Crippen molar-refractivity contribution in [3.8, 4) is 0 Å². The molecule has 5 nitrogen and oxygen atoms in total. The largest absolute Gasteiger partial charge is 0.477 e. The summed E-state index contributed by atoms with van der Waals surface area (Å²) in [6.45, 7) is 4.29. The number of thiazole rings is 1. The van der Waals surface area contributed by atoms with Crippen molar-refractivity contribution in [2.75, 3.05) is 5.32 Å². The number of aromatic carboxylic acids is 1. The summed E-state index contributed by atoms with van der Waals surface area (Å²) in [5, 5.41) is 12.7. The van der Waals surface area contributed by atoms with Gasteiger partial charge in [-0.15, -0.1) is 0 Å². The number of carbonyl (C=O) groups is 1. The van der Waals surface area contributed by atoms with Crippen molar-refractivity contribution in [3.63, 3.8) is 0 Å². The number of aromatic nitrogens is 2. The molecule has 0 radical (unpaired) electrons. The number of carboxylic acids is 1. The number of aryl methyl sites for hydroxylation is 2. The molecule has 0 saturated carbocycles. The van der Waals surface area contributed by atoms with E-state index in [-0.39, 0.29) is 4.88 Å². The number of rotatable bonds is 4. The SMILES string of the molecule is Cc1ccncc1CNc1nc(C)c(C(=O)O)s1. The molecule has 94 valence electrons. The van der Waals surface area contributed by atoms with Crippen molar-refractivity contribution in [2.45, 2.75) is 20.4 Å². The van der Waals surface area contributed by atoms with Crippen LogP contribution in [-0.2, 0) is 6.54 Å². The van der Waals surface area contributed by atoms with Crippen LogP contribution in [0.1, 0.15) is 26.5 Å². The predicted octanol–water partition coefficient (Wildman–Crippen LogP) is 2.47. The van der Waals surface area contributed by atoms with Gasteiger partial charge in [0.15, 0.2) is 5.13 Å². The summed E-state index contributed by atoms with van der Waals surface area (Å²) in [6, 6.07) is 1.94. The van der Waals surface area contributed by atoms with Crippen LogP contribution in [0, 0.1) is 13.8 Å². The minimum Gasteiger partial charge on any atom is -0.477 e. The Balaban J connectivity index is 2.09. The molecule has 0 aliphatic rings. The lowest BCUT2D eigenvalue weighted by molar-refractivity contribution is 0.0701. The lowest BCUT2D eigenvalue weighted by Crippen LogP contribution is -2.01. The van der Waals surface area contributed by atoms with Crippen molar-refractivity contribution in [3.05, 3.63) is 40.2 Å². The van der Waals surface area contributed by atoms with Crippen molar-refractivity contribution >= 4 is 22.4 Å². The molecule has 2 N–H and O–H groups in total. The molecule has 0 aliphatic heterocycles. The van der Waals surface area contributed by atoms with Crippen LogP contribution in [0.5, 0.6) is 0 Å².